The van der Waals surface area contributed by atoms with Gasteiger partial charge in [0, 0.05) is 16.3 Å². The van der Waals surface area contributed by atoms with Crippen molar-refractivity contribution in [2.24, 2.45) is 0 Å². The highest BCUT2D eigenvalue weighted by atomic mass is 32.1. The normalized spacial score (nSPS) is 11.8. The van der Waals surface area contributed by atoms with Crippen molar-refractivity contribution in [2.45, 2.75) is 26.3 Å². The number of H-pyrrole nitrogens is 1. The summed E-state index contributed by atoms with van der Waals surface area (Å²) in [5.41, 5.74) is 1.75. The number of esters is 1. The van der Waals surface area contributed by atoms with E-state index < -0.39 is 11.9 Å². The molecular formula is C19H20N4O4S. The highest BCUT2D eigenvalue weighted by Crippen LogP contribution is 2.17. The van der Waals surface area contributed by atoms with Gasteiger partial charge in [-0.05, 0) is 26.0 Å². The third-order valence-corrected chi connectivity index (χ3v) is 4.73. The Bertz CT molecular complexity index is 977. The summed E-state index contributed by atoms with van der Waals surface area (Å²) in [5.74, 6) is -1.15. The van der Waals surface area contributed by atoms with Crippen molar-refractivity contribution in [1.82, 2.24) is 15.3 Å². The smallest absolute Gasteiger partial charge is 0.311 e. The molecule has 0 bridgehead atoms. The van der Waals surface area contributed by atoms with Crippen LogP contribution >= 0.6 is 11.3 Å². The van der Waals surface area contributed by atoms with Gasteiger partial charge in [-0.3, -0.25) is 14.4 Å². The Kier molecular flexibility index (Phi) is 6.05. The van der Waals surface area contributed by atoms with Gasteiger partial charge in [-0.1, -0.05) is 18.2 Å². The number of hydrogen-bond acceptors (Lipinski definition) is 6. The average molecular weight is 400 g/mol. The standard InChI is InChI=1S/C19H20N4O4S/c1-3-27-16(24)9-13-10-28-19(21-13)23-17(25)11(2)20-18(26)15-8-12-6-4-5-7-14(12)22-15/h4-8,10-11,22H,3,9H2,1-2H3,(H,20,26)(H,21,23,25). The number of aromatic nitrogens is 2. The molecule has 0 radical (unpaired) electrons. The summed E-state index contributed by atoms with van der Waals surface area (Å²) in [6.07, 6.45) is 0.0485. The molecule has 0 fully saturated rings. The fourth-order valence-electron chi connectivity index (χ4n) is 2.55. The molecule has 2 heterocycles. The van der Waals surface area contributed by atoms with Crippen LogP contribution in [-0.2, 0) is 20.7 Å². The van der Waals surface area contributed by atoms with E-state index in [1.807, 2.05) is 24.3 Å². The third kappa shape index (κ3) is 4.74. The van der Waals surface area contributed by atoms with Gasteiger partial charge in [0.05, 0.1) is 18.7 Å². The molecule has 28 heavy (non-hydrogen) atoms. The van der Waals surface area contributed by atoms with E-state index in [9.17, 15) is 14.4 Å². The fraction of sp³-hybridized carbons (Fsp3) is 0.263. The number of aromatic amines is 1. The number of ether oxygens (including phenoxy) is 1. The van der Waals surface area contributed by atoms with E-state index in [1.165, 1.54) is 11.3 Å². The molecule has 3 N–H and O–H groups in total. The molecular weight excluding hydrogens is 380 g/mol. The van der Waals surface area contributed by atoms with Gasteiger partial charge in [0.2, 0.25) is 5.91 Å². The fourth-order valence-corrected chi connectivity index (χ4v) is 3.27. The van der Waals surface area contributed by atoms with Gasteiger partial charge < -0.3 is 20.4 Å². The van der Waals surface area contributed by atoms with E-state index in [0.29, 0.717) is 23.1 Å². The molecule has 146 valence electrons. The number of benzene rings is 1. The molecule has 8 nitrogen and oxygen atoms in total. The van der Waals surface area contributed by atoms with Crippen molar-refractivity contribution < 1.29 is 19.1 Å². The van der Waals surface area contributed by atoms with Crippen LogP contribution < -0.4 is 10.6 Å². The second-order valence-corrected chi connectivity index (χ2v) is 6.94. The highest BCUT2D eigenvalue weighted by Gasteiger charge is 2.19. The zero-order chi connectivity index (χ0) is 20.1. The molecule has 0 spiro atoms. The number of thiazole rings is 1. The minimum absolute atomic E-state index is 0.0485. The number of fused-ring (bicyclic) bond motifs is 1. The number of anilines is 1. The lowest BCUT2D eigenvalue weighted by atomic mass is 10.2. The van der Waals surface area contributed by atoms with Crippen LogP contribution in [-0.4, -0.2) is 40.4 Å². The summed E-state index contributed by atoms with van der Waals surface area (Å²) >= 11 is 1.20. The number of amides is 2. The first kappa shape index (κ1) is 19.6. The third-order valence-electron chi connectivity index (χ3n) is 3.93. The quantitative estimate of drug-likeness (QED) is 0.527. The zero-order valence-corrected chi connectivity index (χ0v) is 16.3. The maximum absolute atomic E-state index is 12.4. The molecule has 0 aliphatic carbocycles. The van der Waals surface area contributed by atoms with Crippen LogP contribution in [0.1, 0.15) is 30.0 Å². The molecule has 9 heteroatoms. The molecule has 0 aliphatic heterocycles. The lowest BCUT2D eigenvalue weighted by molar-refractivity contribution is -0.142. The zero-order valence-electron chi connectivity index (χ0n) is 15.4. The molecule has 3 aromatic rings. The minimum Gasteiger partial charge on any atom is -0.466 e. The Morgan fingerprint density at radius 3 is 2.82 bits per heavy atom. The van der Waals surface area contributed by atoms with Crippen molar-refractivity contribution in [1.29, 1.82) is 0 Å². The van der Waals surface area contributed by atoms with E-state index in [4.69, 9.17) is 4.74 Å². The first-order valence-corrected chi connectivity index (χ1v) is 9.63. The molecule has 1 unspecified atom stereocenters. The van der Waals surface area contributed by atoms with Gasteiger partial charge in [0.1, 0.15) is 11.7 Å². The van der Waals surface area contributed by atoms with E-state index in [0.717, 1.165) is 10.9 Å². The monoisotopic (exact) mass is 400 g/mol. The maximum Gasteiger partial charge on any atom is 0.311 e. The Labute approximate surface area is 165 Å². The SMILES string of the molecule is CCOC(=O)Cc1csc(NC(=O)C(C)NC(=O)c2cc3ccccc3[nH]2)n1. The van der Waals surface area contributed by atoms with Gasteiger partial charge in [0.25, 0.3) is 5.91 Å². The number of carbonyl (C=O) groups is 3. The van der Waals surface area contributed by atoms with E-state index in [-0.39, 0.29) is 18.3 Å². The molecule has 1 atom stereocenters. The van der Waals surface area contributed by atoms with Gasteiger partial charge >= 0.3 is 5.97 Å². The first-order chi connectivity index (χ1) is 13.5. The van der Waals surface area contributed by atoms with E-state index >= 15 is 0 Å². The molecule has 2 amide bonds. The molecule has 0 aliphatic rings. The van der Waals surface area contributed by atoms with Crippen LogP contribution in [0, 0.1) is 0 Å². The van der Waals surface area contributed by atoms with Crippen molar-refractivity contribution >= 4 is 45.2 Å². The Morgan fingerprint density at radius 1 is 1.29 bits per heavy atom. The number of nitrogens with one attached hydrogen (secondary N) is 3. The number of rotatable bonds is 7. The average Bonchev–Trinajstić information content (AvgIpc) is 3.28. The maximum atomic E-state index is 12.4. The summed E-state index contributed by atoms with van der Waals surface area (Å²) in [6.45, 7) is 3.62. The molecule has 0 saturated carbocycles. The second-order valence-electron chi connectivity index (χ2n) is 6.08. The lowest BCUT2D eigenvalue weighted by Crippen LogP contribution is -2.41. The minimum atomic E-state index is -0.767. The first-order valence-electron chi connectivity index (χ1n) is 8.75. The highest BCUT2D eigenvalue weighted by molar-refractivity contribution is 7.13. The number of nitrogens with zero attached hydrogens (tertiary/aromatic N) is 1. The molecule has 0 saturated heterocycles. The summed E-state index contributed by atoms with van der Waals surface area (Å²) in [4.78, 5) is 43.4. The predicted octanol–water partition coefficient (Wildman–Crippen LogP) is 2.49. The predicted molar refractivity (Wildman–Crippen MR) is 106 cm³/mol. The Morgan fingerprint density at radius 2 is 2.07 bits per heavy atom. The van der Waals surface area contributed by atoms with Crippen molar-refractivity contribution in [3.8, 4) is 0 Å². The van der Waals surface area contributed by atoms with Crippen molar-refractivity contribution in [2.75, 3.05) is 11.9 Å². The summed E-state index contributed by atoms with van der Waals surface area (Å²) in [7, 11) is 0. The van der Waals surface area contributed by atoms with E-state index in [2.05, 4.69) is 20.6 Å². The summed E-state index contributed by atoms with van der Waals surface area (Å²) in [5, 5.41) is 8.25. The van der Waals surface area contributed by atoms with Crippen molar-refractivity contribution in [3.63, 3.8) is 0 Å². The summed E-state index contributed by atoms with van der Waals surface area (Å²) in [6, 6.07) is 8.50. The van der Waals surface area contributed by atoms with Crippen LogP contribution in [0.5, 0.6) is 0 Å². The van der Waals surface area contributed by atoms with Crippen LogP contribution in [0.15, 0.2) is 35.7 Å². The van der Waals surface area contributed by atoms with E-state index in [1.54, 1.807) is 25.3 Å². The lowest BCUT2D eigenvalue weighted by Gasteiger charge is -2.12. The molecule has 1 aromatic carbocycles. The van der Waals surface area contributed by atoms with Gasteiger partial charge in [-0.15, -0.1) is 11.3 Å². The van der Waals surface area contributed by atoms with Gasteiger partial charge in [0.15, 0.2) is 5.13 Å². The van der Waals surface area contributed by atoms with Crippen LogP contribution in [0.25, 0.3) is 10.9 Å². The molecule has 2 aromatic heterocycles. The van der Waals surface area contributed by atoms with Crippen LogP contribution in [0.3, 0.4) is 0 Å². The van der Waals surface area contributed by atoms with Crippen LogP contribution in [0.4, 0.5) is 5.13 Å². The number of carbonyl (C=O) groups excluding carboxylic acids is 3. The van der Waals surface area contributed by atoms with Crippen LogP contribution in [0.2, 0.25) is 0 Å². The Hall–Kier alpha value is -3.20. The number of hydrogen-bond donors (Lipinski definition) is 3. The van der Waals surface area contributed by atoms with Gasteiger partial charge in [-0.2, -0.15) is 0 Å². The molecule has 3 rings (SSSR count). The number of para-hydroxylation sites is 1. The van der Waals surface area contributed by atoms with Crippen molar-refractivity contribution in [3.05, 3.63) is 47.1 Å². The largest absolute Gasteiger partial charge is 0.466 e. The van der Waals surface area contributed by atoms with Gasteiger partial charge in [-0.25, -0.2) is 4.98 Å². The topological polar surface area (TPSA) is 113 Å². The Balaban J connectivity index is 1.56. The second kappa shape index (κ2) is 8.66. The summed E-state index contributed by atoms with van der Waals surface area (Å²) < 4.78 is 4.87.